The SMILES string of the molecule is COCCOC.[LiH]. The van der Waals surface area contributed by atoms with E-state index in [9.17, 15) is 0 Å². The molecule has 0 saturated carbocycles. The first-order valence-electron chi connectivity index (χ1n) is 1.89. The van der Waals surface area contributed by atoms with Gasteiger partial charge in [0.1, 0.15) is 0 Å². The standard InChI is InChI=1S/C4H10O2.Li.H/c1-5-3-4-6-2;;/h3-4H2,1-2H3;;. The third-order valence-electron chi connectivity index (χ3n) is 0.492. The Hall–Kier alpha value is 0.517. The Bertz CT molecular complexity index is 21.7. The predicted octanol–water partition coefficient (Wildman–Crippen LogP) is -0.369. The molecule has 0 aromatic rings. The summed E-state index contributed by atoms with van der Waals surface area (Å²) in [6.45, 7) is 1.38. The molecular weight excluding hydrogens is 87.0 g/mol. The van der Waals surface area contributed by atoms with Crippen LogP contribution in [-0.4, -0.2) is 46.3 Å². The fourth-order valence-corrected chi connectivity index (χ4v) is 0.167. The zero-order valence-corrected chi connectivity index (χ0v) is 4.23. The molecule has 0 heterocycles. The van der Waals surface area contributed by atoms with Crippen molar-refractivity contribution in [3.05, 3.63) is 0 Å². The molecule has 2 nitrogen and oxygen atoms in total. The Labute approximate surface area is 56.4 Å². The topological polar surface area (TPSA) is 18.5 Å². The quantitative estimate of drug-likeness (QED) is 0.354. The monoisotopic (exact) mass is 98.1 g/mol. The summed E-state index contributed by atoms with van der Waals surface area (Å²) < 4.78 is 9.31. The summed E-state index contributed by atoms with van der Waals surface area (Å²) in [5.74, 6) is 0. The van der Waals surface area contributed by atoms with Gasteiger partial charge >= 0.3 is 18.9 Å². The molecule has 0 aromatic carbocycles. The first-order chi connectivity index (χ1) is 2.91. The molecule has 0 fully saturated rings. The van der Waals surface area contributed by atoms with Crippen LogP contribution in [0.15, 0.2) is 0 Å². The molecule has 0 amide bonds. The van der Waals surface area contributed by atoms with E-state index in [0.717, 1.165) is 0 Å². The van der Waals surface area contributed by atoms with E-state index in [-0.39, 0.29) is 18.9 Å². The van der Waals surface area contributed by atoms with Crippen LogP contribution < -0.4 is 0 Å². The molecule has 3 heteroatoms. The molecule has 0 rings (SSSR count). The number of hydrogen-bond donors (Lipinski definition) is 0. The Morgan fingerprint density at radius 2 is 1.29 bits per heavy atom. The molecule has 7 heavy (non-hydrogen) atoms. The van der Waals surface area contributed by atoms with Gasteiger partial charge in [0.2, 0.25) is 0 Å². The number of hydrogen-bond acceptors (Lipinski definition) is 2. The van der Waals surface area contributed by atoms with Gasteiger partial charge in [-0.3, -0.25) is 0 Å². The zero-order valence-electron chi connectivity index (χ0n) is 4.23. The summed E-state index contributed by atoms with van der Waals surface area (Å²) in [6.07, 6.45) is 0. The molecule has 0 saturated heterocycles. The second-order valence-corrected chi connectivity index (χ2v) is 0.986. The number of rotatable bonds is 3. The Balaban J connectivity index is 0. The van der Waals surface area contributed by atoms with Crippen molar-refractivity contribution in [2.75, 3.05) is 27.4 Å². The van der Waals surface area contributed by atoms with Gasteiger partial charge in [0.05, 0.1) is 13.2 Å². The average molecular weight is 98.1 g/mol. The van der Waals surface area contributed by atoms with Crippen molar-refractivity contribution in [2.45, 2.75) is 0 Å². The van der Waals surface area contributed by atoms with E-state index < -0.39 is 0 Å². The third kappa shape index (κ3) is 10.7. The summed E-state index contributed by atoms with van der Waals surface area (Å²) in [7, 11) is 3.30. The maximum atomic E-state index is 4.66. The van der Waals surface area contributed by atoms with Crippen molar-refractivity contribution in [2.24, 2.45) is 0 Å². The molecule has 0 N–H and O–H groups in total. The van der Waals surface area contributed by atoms with Crippen LogP contribution in [0, 0.1) is 0 Å². The van der Waals surface area contributed by atoms with Crippen molar-refractivity contribution in [3.8, 4) is 0 Å². The summed E-state index contributed by atoms with van der Waals surface area (Å²) in [4.78, 5) is 0. The molecule has 0 spiro atoms. The van der Waals surface area contributed by atoms with Crippen molar-refractivity contribution >= 4 is 18.9 Å². The van der Waals surface area contributed by atoms with E-state index in [1.54, 1.807) is 14.2 Å². The van der Waals surface area contributed by atoms with Crippen LogP contribution in [0.3, 0.4) is 0 Å². The fraction of sp³-hybridized carbons (Fsp3) is 1.00. The molecule has 0 unspecified atom stereocenters. The number of methoxy groups -OCH3 is 2. The minimum atomic E-state index is 0. The van der Waals surface area contributed by atoms with Crippen LogP contribution in [0.4, 0.5) is 0 Å². The zero-order chi connectivity index (χ0) is 4.83. The van der Waals surface area contributed by atoms with E-state index in [0.29, 0.717) is 13.2 Å². The van der Waals surface area contributed by atoms with Gasteiger partial charge in [-0.1, -0.05) is 0 Å². The van der Waals surface area contributed by atoms with Gasteiger partial charge in [0.25, 0.3) is 0 Å². The van der Waals surface area contributed by atoms with Gasteiger partial charge in [0.15, 0.2) is 0 Å². The molecule has 0 aliphatic rings. The van der Waals surface area contributed by atoms with E-state index >= 15 is 0 Å². The molecule has 0 atom stereocenters. The van der Waals surface area contributed by atoms with E-state index in [1.807, 2.05) is 0 Å². The van der Waals surface area contributed by atoms with Crippen molar-refractivity contribution in [3.63, 3.8) is 0 Å². The van der Waals surface area contributed by atoms with Gasteiger partial charge in [0, 0.05) is 14.2 Å². The van der Waals surface area contributed by atoms with Crippen LogP contribution in [-0.2, 0) is 9.47 Å². The molecular formula is C4H11LiO2. The van der Waals surface area contributed by atoms with Crippen molar-refractivity contribution in [1.29, 1.82) is 0 Å². The molecule has 0 radical (unpaired) electrons. The van der Waals surface area contributed by atoms with E-state index in [4.69, 9.17) is 0 Å². The Morgan fingerprint density at radius 1 is 1.00 bits per heavy atom. The predicted molar refractivity (Wildman–Crippen MR) is 30.9 cm³/mol. The summed E-state index contributed by atoms with van der Waals surface area (Å²) in [5, 5.41) is 0. The number of ether oxygens (including phenoxy) is 2. The van der Waals surface area contributed by atoms with Crippen molar-refractivity contribution < 1.29 is 9.47 Å². The maximum absolute atomic E-state index is 4.66. The first kappa shape index (κ1) is 10.5. The molecule has 0 aliphatic heterocycles. The van der Waals surface area contributed by atoms with Crippen LogP contribution in [0.5, 0.6) is 0 Å². The van der Waals surface area contributed by atoms with E-state index in [1.165, 1.54) is 0 Å². The molecule has 0 bridgehead atoms. The van der Waals surface area contributed by atoms with Crippen LogP contribution >= 0.6 is 0 Å². The second-order valence-electron chi connectivity index (χ2n) is 0.986. The summed E-state index contributed by atoms with van der Waals surface area (Å²) >= 11 is 0. The van der Waals surface area contributed by atoms with Gasteiger partial charge in [-0.25, -0.2) is 0 Å². The molecule has 0 aliphatic carbocycles. The molecule has 40 valence electrons. The van der Waals surface area contributed by atoms with Crippen molar-refractivity contribution in [1.82, 2.24) is 0 Å². The third-order valence-corrected chi connectivity index (χ3v) is 0.492. The Morgan fingerprint density at radius 3 is 1.43 bits per heavy atom. The average Bonchev–Trinajstić information content (AvgIpc) is 1.61. The summed E-state index contributed by atoms with van der Waals surface area (Å²) in [6, 6.07) is 0. The van der Waals surface area contributed by atoms with E-state index in [2.05, 4.69) is 9.47 Å². The van der Waals surface area contributed by atoms with Gasteiger partial charge in [-0.15, -0.1) is 0 Å². The van der Waals surface area contributed by atoms with Crippen LogP contribution in [0.2, 0.25) is 0 Å². The second kappa shape index (κ2) is 9.72. The van der Waals surface area contributed by atoms with Crippen LogP contribution in [0.25, 0.3) is 0 Å². The fourth-order valence-electron chi connectivity index (χ4n) is 0.167. The van der Waals surface area contributed by atoms with Gasteiger partial charge in [-0.05, 0) is 0 Å². The van der Waals surface area contributed by atoms with Crippen LogP contribution in [0.1, 0.15) is 0 Å². The molecule has 0 aromatic heterocycles. The summed E-state index contributed by atoms with van der Waals surface area (Å²) in [5.41, 5.74) is 0. The Kier molecular flexibility index (Phi) is 14.6. The minimum absolute atomic E-state index is 0. The first-order valence-corrected chi connectivity index (χ1v) is 1.89. The van der Waals surface area contributed by atoms with Gasteiger partial charge in [-0.2, -0.15) is 0 Å². The normalized spacial score (nSPS) is 7.71. The van der Waals surface area contributed by atoms with Gasteiger partial charge < -0.3 is 9.47 Å².